The Morgan fingerprint density at radius 1 is 1.20 bits per heavy atom. The summed E-state index contributed by atoms with van der Waals surface area (Å²) in [6.45, 7) is 8.53. The second-order valence-electron chi connectivity index (χ2n) is 3.61. The van der Waals surface area contributed by atoms with Crippen LogP contribution in [0.1, 0.15) is 34.1 Å². The molecule has 0 radical (unpaired) electrons. The summed E-state index contributed by atoms with van der Waals surface area (Å²) in [6.07, 6.45) is 1.04. The predicted molar refractivity (Wildman–Crippen MR) is 43.4 cm³/mol. The summed E-state index contributed by atoms with van der Waals surface area (Å²) in [5.41, 5.74) is 0. The molecular weight excluding hydrogens is 122 g/mol. The Morgan fingerprint density at radius 3 is 1.80 bits per heavy atom. The molecule has 0 aliphatic carbocycles. The lowest BCUT2D eigenvalue weighted by Gasteiger charge is -2.14. The van der Waals surface area contributed by atoms with Crippen LogP contribution in [0.3, 0.4) is 0 Å². The molecule has 0 aromatic carbocycles. The van der Waals surface area contributed by atoms with Crippen molar-refractivity contribution in [3.63, 3.8) is 0 Å². The van der Waals surface area contributed by atoms with E-state index in [0.717, 1.165) is 6.42 Å². The van der Waals surface area contributed by atoms with Gasteiger partial charge in [0.2, 0.25) is 0 Å². The molecule has 0 rings (SSSR count). The molecule has 10 heavy (non-hydrogen) atoms. The van der Waals surface area contributed by atoms with Gasteiger partial charge in [-0.05, 0) is 18.3 Å². The van der Waals surface area contributed by atoms with Gasteiger partial charge in [-0.15, -0.1) is 0 Å². The van der Waals surface area contributed by atoms with Crippen molar-refractivity contribution in [2.75, 3.05) is 0 Å². The highest BCUT2D eigenvalue weighted by atomic mass is 14.3. The second-order valence-corrected chi connectivity index (χ2v) is 3.61. The van der Waals surface area contributed by atoms with Crippen molar-refractivity contribution in [3.05, 3.63) is 0 Å². The summed E-state index contributed by atoms with van der Waals surface area (Å²) in [6, 6.07) is 2.33. The van der Waals surface area contributed by atoms with E-state index in [1.54, 1.807) is 0 Å². The van der Waals surface area contributed by atoms with Crippen LogP contribution in [0.2, 0.25) is 0 Å². The van der Waals surface area contributed by atoms with Crippen LogP contribution in [0.5, 0.6) is 0 Å². The van der Waals surface area contributed by atoms with E-state index in [4.69, 9.17) is 5.26 Å². The fourth-order valence-electron chi connectivity index (χ4n) is 0.982. The monoisotopic (exact) mass is 139 g/mol. The third kappa shape index (κ3) is 3.50. The van der Waals surface area contributed by atoms with E-state index < -0.39 is 0 Å². The molecule has 1 nitrogen and oxygen atoms in total. The summed E-state index contributed by atoms with van der Waals surface area (Å²) < 4.78 is 0. The molecule has 0 aromatic heterocycles. The van der Waals surface area contributed by atoms with Crippen molar-refractivity contribution >= 4 is 0 Å². The lowest BCUT2D eigenvalue weighted by molar-refractivity contribution is 0.389. The van der Waals surface area contributed by atoms with Crippen molar-refractivity contribution in [3.8, 4) is 6.07 Å². The normalized spacial score (nSPS) is 13.7. The topological polar surface area (TPSA) is 23.8 Å². The Kier molecular flexibility index (Phi) is 4.11. The van der Waals surface area contributed by atoms with Crippen molar-refractivity contribution in [1.29, 1.82) is 5.26 Å². The van der Waals surface area contributed by atoms with Crippen LogP contribution in [0.15, 0.2) is 0 Å². The summed E-state index contributed by atoms with van der Waals surface area (Å²) in [5, 5.41) is 8.70. The molecule has 0 aromatic rings. The second kappa shape index (κ2) is 4.33. The molecule has 0 N–H and O–H groups in total. The molecule has 0 amide bonds. The van der Waals surface area contributed by atoms with Crippen LogP contribution in [0, 0.1) is 29.1 Å². The van der Waals surface area contributed by atoms with Crippen LogP contribution in [-0.4, -0.2) is 0 Å². The molecule has 0 saturated carbocycles. The van der Waals surface area contributed by atoms with Gasteiger partial charge in [-0.3, -0.25) is 0 Å². The maximum Gasteiger partial charge on any atom is 0.0658 e. The zero-order valence-electron chi connectivity index (χ0n) is 7.39. The molecule has 0 aliphatic heterocycles. The van der Waals surface area contributed by atoms with Crippen LogP contribution in [0.25, 0.3) is 0 Å². The summed E-state index contributed by atoms with van der Waals surface area (Å²) in [4.78, 5) is 0. The lowest BCUT2D eigenvalue weighted by atomic mass is 9.89. The molecule has 0 spiro atoms. The van der Waals surface area contributed by atoms with Gasteiger partial charge in [0, 0.05) is 5.92 Å². The van der Waals surface area contributed by atoms with Gasteiger partial charge in [-0.25, -0.2) is 0 Å². The van der Waals surface area contributed by atoms with Crippen molar-refractivity contribution < 1.29 is 0 Å². The zero-order valence-corrected chi connectivity index (χ0v) is 7.39. The van der Waals surface area contributed by atoms with Crippen LogP contribution >= 0.6 is 0 Å². The Bertz CT molecular complexity index is 119. The molecular formula is C9H17N. The SMILES string of the molecule is CC(C)CC(C#N)C(C)C. The third-order valence-electron chi connectivity index (χ3n) is 1.70. The molecule has 1 atom stereocenters. The maximum absolute atomic E-state index is 8.70. The van der Waals surface area contributed by atoms with E-state index in [9.17, 15) is 0 Å². The average Bonchev–Trinajstić information content (AvgIpc) is 1.81. The fourth-order valence-corrected chi connectivity index (χ4v) is 0.982. The van der Waals surface area contributed by atoms with E-state index in [1.807, 2.05) is 0 Å². The van der Waals surface area contributed by atoms with E-state index in [1.165, 1.54) is 0 Å². The summed E-state index contributed by atoms with van der Waals surface area (Å²) in [7, 11) is 0. The van der Waals surface area contributed by atoms with Crippen LogP contribution in [-0.2, 0) is 0 Å². The quantitative estimate of drug-likeness (QED) is 0.589. The Labute approximate surface area is 64.1 Å². The van der Waals surface area contributed by atoms with Gasteiger partial charge in [0.25, 0.3) is 0 Å². The smallest absolute Gasteiger partial charge is 0.0658 e. The first-order valence-corrected chi connectivity index (χ1v) is 3.97. The minimum Gasteiger partial charge on any atom is -0.198 e. The van der Waals surface area contributed by atoms with Gasteiger partial charge in [-0.1, -0.05) is 27.7 Å². The third-order valence-corrected chi connectivity index (χ3v) is 1.70. The first kappa shape index (κ1) is 9.49. The van der Waals surface area contributed by atoms with Gasteiger partial charge in [0.15, 0.2) is 0 Å². The maximum atomic E-state index is 8.70. The Morgan fingerprint density at radius 2 is 1.70 bits per heavy atom. The number of nitriles is 1. The first-order chi connectivity index (χ1) is 4.57. The minimum absolute atomic E-state index is 0.250. The van der Waals surface area contributed by atoms with Crippen molar-refractivity contribution in [2.24, 2.45) is 17.8 Å². The first-order valence-electron chi connectivity index (χ1n) is 3.97. The average molecular weight is 139 g/mol. The van der Waals surface area contributed by atoms with E-state index in [0.29, 0.717) is 11.8 Å². The largest absolute Gasteiger partial charge is 0.198 e. The highest BCUT2D eigenvalue weighted by molar-refractivity contribution is 4.85. The molecule has 0 aliphatic rings. The molecule has 58 valence electrons. The Balaban J connectivity index is 3.75. The van der Waals surface area contributed by atoms with E-state index >= 15 is 0 Å². The molecule has 0 heterocycles. The van der Waals surface area contributed by atoms with Gasteiger partial charge < -0.3 is 0 Å². The molecule has 1 heteroatoms. The standard InChI is InChI=1S/C9H17N/c1-7(2)5-9(6-10)8(3)4/h7-9H,5H2,1-4H3. The molecule has 1 unspecified atom stereocenters. The number of nitrogens with zero attached hydrogens (tertiary/aromatic N) is 1. The summed E-state index contributed by atoms with van der Waals surface area (Å²) >= 11 is 0. The zero-order chi connectivity index (χ0) is 8.15. The molecule has 0 bridgehead atoms. The fraction of sp³-hybridized carbons (Fsp3) is 0.889. The van der Waals surface area contributed by atoms with Crippen LogP contribution < -0.4 is 0 Å². The number of rotatable bonds is 3. The number of hydrogen-bond acceptors (Lipinski definition) is 1. The van der Waals surface area contributed by atoms with Gasteiger partial charge >= 0.3 is 0 Å². The van der Waals surface area contributed by atoms with Crippen molar-refractivity contribution in [2.45, 2.75) is 34.1 Å². The molecule has 0 fully saturated rings. The van der Waals surface area contributed by atoms with Crippen LogP contribution in [0.4, 0.5) is 0 Å². The Hall–Kier alpha value is -0.510. The van der Waals surface area contributed by atoms with Gasteiger partial charge in [0.05, 0.1) is 6.07 Å². The minimum atomic E-state index is 0.250. The van der Waals surface area contributed by atoms with E-state index in [2.05, 4.69) is 33.8 Å². The number of hydrogen-bond donors (Lipinski definition) is 0. The highest BCUT2D eigenvalue weighted by Crippen LogP contribution is 2.18. The summed E-state index contributed by atoms with van der Waals surface area (Å²) in [5.74, 6) is 1.40. The van der Waals surface area contributed by atoms with Gasteiger partial charge in [-0.2, -0.15) is 5.26 Å². The van der Waals surface area contributed by atoms with E-state index in [-0.39, 0.29) is 5.92 Å². The highest BCUT2D eigenvalue weighted by Gasteiger charge is 2.12. The lowest BCUT2D eigenvalue weighted by Crippen LogP contribution is -2.08. The molecule has 0 saturated heterocycles. The van der Waals surface area contributed by atoms with Gasteiger partial charge in [0.1, 0.15) is 0 Å². The predicted octanol–water partition coefficient (Wildman–Crippen LogP) is 2.83. The van der Waals surface area contributed by atoms with Crippen molar-refractivity contribution in [1.82, 2.24) is 0 Å².